The number of amides is 1. The van der Waals surface area contributed by atoms with E-state index in [0.29, 0.717) is 0 Å². The van der Waals surface area contributed by atoms with Gasteiger partial charge in [0, 0.05) is 6.04 Å². The molecule has 5 nitrogen and oxygen atoms in total. The van der Waals surface area contributed by atoms with Crippen molar-refractivity contribution in [3.8, 4) is 5.75 Å². The summed E-state index contributed by atoms with van der Waals surface area (Å²) in [6.07, 6.45) is 3.33. The first kappa shape index (κ1) is 14.4. The van der Waals surface area contributed by atoms with Crippen molar-refractivity contribution in [3.05, 3.63) is 29.8 Å². The summed E-state index contributed by atoms with van der Waals surface area (Å²) in [6.45, 7) is 1.53. The molecule has 0 unspecified atom stereocenters. The Kier molecular flexibility index (Phi) is 4.61. The minimum atomic E-state index is -0.872. The standard InChI is InChI=1S/C15H19NO4/c1-10(14(18)16-11-6-2-3-7-11)20-15(19)12-8-4-5-9-13(12)17/h4-5,8-11,17H,2-3,6-7H2,1H3,(H,16,18)/t10-/m1/s1. The molecule has 1 aliphatic carbocycles. The third-order valence-electron chi connectivity index (χ3n) is 3.48. The van der Waals surface area contributed by atoms with Crippen LogP contribution in [0.5, 0.6) is 5.75 Å². The zero-order chi connectivity index (χ0) is 14.5. The molecule has 0 spiro atoms. The molecular formula is C15H19NO4. The van der Waals surface area contributed by atoms with Gasteiger partial charge in [0.25, 0.3) is 5.91 Å². The third-order valence-corrected chi connectivity index (χ3v) is 3.48. The van der Waals surface area contributed by atoms with Crippen LogP contribution in [0.25, 0.3) is 0 Å². The van der Waals surface area contributed by atoms with Gasteiger partial charge in [0.05, 0.1) is 0 Å². The second-order valence-corrected chi connectivity index (χ2v) is 5.05. The van der Waals surface area contributed by atoms with Crippen molar-refractivity contribution in [2.24, 2.45) is 0 Å². The van der Waals surface area contributed by atoms with Crippen LogP contribution in [0.1, 0.15) is 43.0 Å². The Labute approximate surface area is 117 Å². The SMILES string of the molecule is C[C@@H](OC(=O)c1ccccc1O)C(=O)NC1CCCC1. The fourth-order valence-corrected chi connectivity index (χ4v) is 2.31. The molecule has 1 aromatic rings. The van der Waals surface area contributed by atoms with E-state index in [0.717, 1.165) is 25.7 Å². The summed E-state index contributed by atoms with van der Waals surface area (Å²) >= 11 is 0. The van der Waals surface area contributed by atoms with Crippen molar-refractivity contribution in [3.63, 3.8) is 0 Å². The van der Waals surface area contributed by atoms with Gasteiger partial charge in [-0.1, -0.05) is 25.0 Å². The lowest BCUT2D eigenvalue weighted by molar-refractivity contribution is -0.129. The molecule has 5 heteroatoms. The van der Waals surface area contributed by atoms with E-state index in [4.69, 9.17) is 4.74 Å². The summed E-state index contributed by atoms with van der Waals surface area (Å²) in [5, 5.41) is 12.4. The average Bonchev–Trinajstić information content (AvgIpc) is 2.91. The van der Waals surface area contributed by atoms with Crippen LogP contribution in [-0.2, 0) is 9.53 Å². The van der Waals surface area contributed by atoms with Crippen molar-refractivity contribution < 1.29 is 19.4 Å². The number of benzene rings is 1. The summed E-state index contributed by atoms with van der Waals surface area (Å²) in [5.74, 6) is -1.14. The summed E-state index contributed by atoms with van der Waals surface area (Å²) in [7, 11) is 0. The number of rotatable bonds is 4. The van der Waals surface area contributed by atoms with Gasteiger partial charge in [-0.15, -0.1) is 0 Å². The highest BCUT2D eigenvalue weighted by Gasteiger charge is 2.24. The zero-order valence-corrected chi connectivity index (χ0v) is 11.5. The normalized spacial score (nSPS) is 16.6. The van der Waals surface area contributed by atoms with E-state index in [1.54, 1.807) is 12.1 Å². The maximum absolute atomic E-state index is 11.9. The van der Waals surface area contributed by atoms with Gasteiger partial charge in [-0.25, -0.2) is 4.79 Å². The Bertz CT molecular complexity index is 494. The monoisotopic (exact) mass is 277 g/mol. The van der Waals surface area contributed by atoms with E-state index in [1.165, 1.54) is 19.1 Å². The van der Waals surface area contributed by atoms with E-state index in [9.17, 15) is 14.7 Å². The van der Waals surface area contributed by atoms with Crippen molar-refractivity contribution in [2.75, 3.05) is 0 Å². The largest absolute Gasteiger partial charge is 0.507 e. The van der Waals surface area contributed by atoms with E-state index < -0.39 is 12.1 Å². The van der Waals surface area contributed by atoms with Crippen LogP contribution in [0.2, 0.25) is 0 Å². The molecule has 0 aromatic heterocycles. The zero-order valence-electron chi connectivity index (χ0n) is 11.5. The molecular weight excluding hydrogens is 258 g/mol. The molecule has 0 radical (unpaired) electrons. The molecule has 2 rings (SSSR count). The molecule has 108 valence electrons. The number of hydrogen-bond donors (Lipinski definition) is 2. The minimum Gasteiger partial charge on any atom is -0.507 e. The Hall–Kier alpha value is -2.04. The molecule has 1 aliphatic rings. The highest BCUT2D eigenvalue weighted by Crippen LogP contribution is 2.19. The number of nitrogens with one attached hydrogen (secondary N) is 1. The lowest BCUT2D eigenvalue weighted by Crippen LogP contribution is -2.40. The number of hydrogen-bond acceptors (Lipinski definition) is 4. The molecule has 0 bridgehead atoms. The van der Waals surface area contributed by atoms with Crippen LogP contribution < -0.4 is 5.32 Å². The van der Waals surface area contributed by atoms with Crippen LogP contribution in [0.15, 0.2) is 24.3 Å². The summed E-state index contributed by atoms with van der Waals surface area (Å²) in [6, 6.07) is 6.29. The van der Waals surface area contributed by atoms with E-state index in [-0.39, 0.29) is 23.3 Å². The van der Waals surface area contributed by atoms with Crippen molar-refractivity contribution in [1.29, 1.82) is 0 Å². The van der Waals surface area contributed by atoms with Crippen LogP contribution in [0.4, 0.5) is 0 Å². The lowest BCUT2D eigenvalue weighted by atomic mass is 10.2. The average molecular weight is 277 g/mol. The second kappa shape index (κ2) is 6.41. The van der Waals surface area contributed by atoms with E-state index in [2.05, 4.69) is 5.32 Å². The second-order valence-electron chi connectivity index (χ2n) is 5.05. The Morgan fingerprint density at radius 2 is 1.95 bits per heavy atom. The fraction of sp³-hybridized carbons (Fsp3) is 0.467. The molecule has 20 heavy (non-hydrogen) atoms. The number of phenols is 1. The van der Waals surface area contributed by atoms with E-state index >= 15 is 0 Å². The smallest absolute Gasteiger partial charge is 0.342 e. The molecule has 1 fully saturated rings. The number of ether oxygens (including phenoxy) is 1. The van der Waals surface area contributed by atoms with Gasteiger partial charge in [0.2, 0.25) is 0 Å². The van der Waals surface area contributed by atoms with Crippen molar-refractivity contribution in [2.45, 2.75) is 44.8 Å². The minimum absolute atomic E-state index is 0.0630. The summed E-state index contributed by atoms with van der Waals surface area (Å²) in [4.78, 5) is 23.8. The van der Waals surface area contributed by atoms with Gasteiger partial charge in [-0.05, 0) is 31.9 Å². The predicted octanol–water partition coefficient (Wildman–Crippen LogP) is 2.00. The quantitative estimate of drug-likeness (QED) is 0.825. The van der Waals surface area contributed by atoms with Gasteiger partial charge < -0.3 is 15.2 Å². The number of carbonyl (C=O) groups is 2. The number of carbonyl (C=O) groups excluding carboxylic acids is 2. The van der Waals surface area contributed by atoms with Gasteiger partial charge in [-0.2, -0.15) is 0 Å². The Balaban J connectivity index is 1.90. The number of phenolic OH excluding ortho intramolecular Hbond substituents is 1. The molecule has 2 N–H and O–H groups in total. The van der Waals surface area contributed by atoms with Crippen LogP contribution in [0, 0.1) is 0 Å². The molecule has 1 aromatic carbocycles. The van der Waals surface area contributed by atoms with Crippen molar-refractivity contribution in [1.82, 2.24) is 5.32 Å². The Morgan fingerprint density at radius 1 is 1.30 bits per heavy atom. The molecule has 1 atom stereocenters. The van der Waals surface area contributed by atoms with E-state index in [1.807, 2.05) is 0 Å². The lowest BCUT2D eigenvalue weighted by Gasteiger charge is -2.17. The highest BCUT2D eigenvalue weighted by molar-refractivity contribution is 5.94. The van der Waals surface area contributed by atoms with Crippen LogP contribution in [-0.4, -0.2) is 29.1 Å². The number of para-hydroxylation sites is 1. The van der Waals surface area contributed by atoms with Gasteiger partial charge in [0.1, 0.15) is 11.3 Å². The summed E-state index contributed by atoms with van der Waals surface area (Å²) < 4.78 is 5.08. The highest BCUT2D eigenvalue weighted by atomic mass is 16.5. The third kappa shape index (κ3) is 3.50. The first-order valence-corrected chi connectivity index (χ1v) is 6.87. The fourth-order valence-electron chi connectivity index (χ4n) is 2.31. The molecule has 0 aliphatic heterocycles. The topological polar surface area (TPSA) is 75.6 Å². The van der Waals surface area contributed by atoms with Gasteiger partial charge >= 0.3 is 5.97 Å². The first-order valence-electron chi connectivity index (χ1n) is 6.87. The Morgan fingerprint density at radius 3 is 2.60 bits per heavy atom. The van der Waals surface area contributed by atoms with Crippen LogP contribution >= 0.6 is 0 Å². The van der Waals surface area contributed by atoms with Gasteiger partial charge in [-0.3, -0.25) is 4.79 Å². The molecule has 0 heterocycles. The number of aromatic hydroxyl groups is 1. The predicted molar refractivity (Wildman–Crippen MR) is 73.4 cm³/mol. The summed E-state index contributed by atoms with van der Waals surface area (Å²) in [5.41, 5.74) is 0.0630. The van der Waals surface area contributed by atoms with Crippen molar-refractivity contribution >= 4 is 11.9 Å². The first-order chi connectivity index (χ1) is 9.58. The van der Waals surface area contributed by atoms with Gasteiger partial charge in [0.15, 0.2) is 6.10 Å². The van der Waals surface area contributed by atoms with Crippen LogP contribution in [0.3, 0.4) is 0 Å². The molecule has 0 saturated heterocycles. The number of esters is 1. The molecule has 1 amide bonds. The molecule has 1 saturated carbocycles. The maximum Gasteiger partial charge on any atom is 0.342 e. The maximum atomic E-state index is 11.9.